The van der Waals surface area contributed by atoms with Crippen LogP contribution < -0.4 is 0 Å². The van der Waals surface area contributed by atoms with E-state index < -0.39 is 0 Å². The Labute approximate surface area is 201 Å². The summed E-state index contributed by atoms with van der Waals surface area (Å²) in [5.41, 5.74) is 3.53. The van der Waals surface area contributed by atoms with Crippen molar-refractivity contribution in [3.8, 4) is 0 Å². The second kappa shape index (κ2) is 10.3. The highest BCUT2D eigenvalue weighted by molar-refractivity contribution is 5.79. The fourth-order valence-electron chi connectivity index (χ4n) is 5.82. The monoisotopic (exact) mass is 463 g/mol. The fraction of sp³-hybridized carbons (Fsp3) is 0.500. The van der Waals surface area contributed by atoms with Gasteiger partial charge in [-0.15, -0.1) is 0 Å². The van der Waals surface area contributed by atoms with Gasteiger partial charge in [0.15, 0.2) is 0 Å². The molecule has 2 saturated heterocycles. The Morgan fingerprint density at radius 1 is 0.794 bits per heavy atom. The summed E-state index contributed by atoms with van der Waals surface area (Å²) in [7, 11) is 0. The molecule has 3 aliphatic rings. The lowest BCUT2D eigenvalue weighted by Gasteiger charge is -2.42. The normalized spacial score (nSPS) is 20.3. The molecular formula is C28H34FN3O2. The summed E-state index contributed by atoms with van der Waals surface area (Å²) in [6, 6.07) is 15.2. The molecule has 2 aromatic rings. The van der Waals surface area contributed by atoms with Gasteiger partial charge >= 0.3 is 0 Å². The maximum Gasteiger partial charge on any atom is 0.226 e. The van der Waals surface area contributed by atoms with Gasteiger partial charge < -0.3 is 14.7 Å². The lowest BCUT2D eigenvalue weighted by atomic mass is 9.91. The van der Waals surface area contributed by atoms with Crippen molar-refractivity contribution in [3.05, 3.63) is 71.0 Å². The number of benzene rings is 2. The van der Waals surface area contributed by atoms with E-state index in [2.05, 4.69) is 34.1 Å². The third kappa shape index (κ3) is 5.17. The topological polar surface area (TPSA) is 43.9 Å². The maximum atomic E-state index is 13.2. The summed E-state index contributed by atoms with van der Waals surface area (Å²) >= 11 is 0. The van der Waals surface area contributed by atoms with Crippen LogP contribution in [0.4, 0.5) is 4.39 Å². The third-order valence-corrected chi connectivity index (χ3v) is 7.92. The largest absolute Gasteiger partial charge is 0.342 e. The summed E-state index contributed by atoms with van der Waals surface area (Å²) in [4.78, 5) is 32.4. The predicted octanol–water partition coefficient (Wildman–Crippen LogP) is 3.66. The molecule has 34 heavy (non-hydrogen) atoms. The standard InChI is InChI=1S/C28H34FN3O2/c29-25-7-5-21(6-8-25)19-27(33)31-17-12-26(13-18-31)30-14-10-23(11-15-30)28(34)32-16-9-22-3-1-2-4-24(22)20-32/h1-8,23,26H,9-20H2. The molecule has 0 bridgehead atoms. The SMILES string of the molecule is O=C(Cc1ccc(F)cc1)N1CCC(N2CCC(C(=O)N3CCc4ccccc4C3)CC2)CC1. The van der Waals surface area contributed by atoms with Gasteiger partial charge in [0.25, 0.3) is 0 Å². The van der Waals surface area contributed by atoms with Crippen molar-refractivity contribution >= 4 is 11.8 Å². The first-order chi connectivity index (χ1) is 16.6. The van der Waals surface area contributed by atoms with E-state index >= 15 is 0 Å². The smallest absolute Gasteiger partial charge is 0.226 e. The van der Waals surface area contributed by atoms with E-state index in [1.54, 1.807) is 12.1 Å². The van der Waals surface area contributed by atoms with E-state index in [-0.39, 0.29) is 17.6 Å². The lowest BCUT2D eigenvalue weighted by Crippen LogP contribution is -2.51. The molecule has 5 nitrogen and oxygen atoms in total. The summed E-state index contributed by atoms with van der Waals surface area (Å²) < 4.78 is 13.1. The van der Waals surface area contributed by atoms with Gasteiger partial charge in [-0.2, -0.15) is 0 Å². The number of carbonyl (C=O) groups is 2. The Morgan fingerprint density at radius 2 is 1.47 bits per heavy atom. The fourth-order valence-corrected chi connectivity index (χ4v) is 5.82. The van der Waals surface area contributed by atoms with Crippen LogP contribution in [0, 0.1) is 11.7 Å². The summed E-state index contributed by atoms with van der Waals surface area (Å²) in [6.45, 7) is 5.07. The van der Waals surface area contributed by atoms with E-state index in [9.17, 15) is 14.0 Å². The van der Waals surface area contributed by atoms with Crippen molar-refractivity contribution in [2.75, 3.05) is 32.7 Å². The van der Waals surface area contributed by atoms with Crippen molar-refractivity contribution in [3.63, 3.8) is 0 Å². The molecular weight excluding hydrogens is 429 g/mol. The van der Waals surface area contributed by atoms with Crippen molar-refractivity contribution < 1.29 is 14.0 Å². The molecule has 3 heterocycles. The van der Waals surface area contributed by atoms with Gasteiger partial charge in [-0.05, 0) is 74.0 Å². The van der Waals surface area contributed by atoms with E-state index in [1.165, 1.54) is 23.3 Å². The number of hydrogen-bond acceptors (Lipinski definition) is 3. The van der Waals surface area contributed by atoms with Gasteiger partial charge in [0, 0.05) is 38.1 Å². The molecule has 0 N–H and O–H groups in total. The van der Waals surface area contributed by atoms with Crippen LogP contribution in [0.15, 0.2) is 48.5 Å². The minimum Gasteiger partial charge on any atom is -0.342 e. The number of carbonyl (C=O) groups excluding carboxylic acids is 2. The predicted molar refractivity (Wildman–Crippen MR) is 130 cm³/mol. The van der Waals surface area contributed by atoms with E-state index in [1.807, 2.05) is 4.90 Å². The van der Waals surface area contributed by atoms with Gasteiger partial charge in [-0.3, -0.25) is 9.59 Å². The third-order valence-electron chi connectivity index (χ3n) is 7.92. The quantitative estimate of drug-likeness (QED) is 0.695. The molecule has 0 atom stereocenters. The van der Waals surface area contributed by atoms with Crippen molar-refractivity contribution in [1.82, 2.24) is 14.7 Å². The summed E-state index contributed by atoms with van der Waals surface area (Å²) in [6.07, 6.45) is 5.12. The van der Waals surface area contributed by atoms with Crippen molar-refractivity contribution in [1.29, 1.82) is 0 Å². The van der Waals surface area contributed by atoms with Crippen LogP contribution in [0.3, 0.4) is 0 Å². The number of hydrogen-bond donors (Lipinski definition) is 0. The zero-order valence-corrected chi connectivity index (χ0v) is 19.8. The Hall–Kier alpha value is -2.73. The molecule has 2 amide bonds. The number of fused-ring (bicyclic) bond motifs is 1. The van der Waals surface area contributed by atoms with Crippen LogP contribution in [-0.4, -0.2) is 65.3 Å². The molecule has 0 aliphatic carbocycles. The molecule has 2 aromatic carbocycles. The highest BCUT2D eigenvalue weighted by Crippen LogP contribution is 2.27. The summed E-state index contributed by atoms with van der Waals surface area (Å²) in [5.74, 6) is 0.315. The first-order valence-corrected chi connectivity index (χ1v) is 12.7. The number of nitrogens with zero attached hydrogens (tertiary/aromatic N) is 3. The maximum absolute atomic E-state index is 13.2. The lowest BCUT2D eigenvalue weighted by molar-refractivity contribution is -0.139. The van der Waals surface area contributed by atoms with Crippen LogP contribution >= 0.6 is 0 Å². The molecule has 0 aromatic heterocycles. The molecule has 0 spiro atoms. The van der Waals surface area contributed by atoms with Crippen molar-refractivity contribution in [2.45, 2.75) is 51.1 Å². The van der Waals surface area contributed by atoms with Crippen LogP contribution in [0.5, 0.6) is 0 Å². The number of piperidine rings is 2. The second-order valence-corrected chi connectivity index (χ2v) is 10.0. The van der Waals surface area contributed by atoms with E-state index in [4.69, 9.17) is 0 Å². The van der Waals surface area contributed by atoms with Gasteiger partial charge in [0.1, 0.15) is 5.82 Å². The molecule has 5 rings (SSSR count). The molecule has 6 heteroatoms. The number of amides is 2. The van der Waals surface area contributed by atoms with Gasteiger partial charge in [-0.25, -0.2) is 4.39 Å². The molecule has 0 radical (unpaired) electrons. The molecule has 0 saturated carbocycles. The minimum absolute atomic E-state index is 0.123. The summed E-state index contributed by atoms with van der Waals surface area (Å²) in [5, 5.41) is 0. The van der Waals surface area contributed by atoms with Gasteiger partial charge in [0.2, 0.25) is 11.8 Å². The number of rotatable bonds is 4. The first kappa shape index (κ1) is 23.0. The van der Waals surface area contributed by atoms with Crippen LogP contribution in [0.1, 0.15) is 42.4 Å². The second-order valence-electron chi connectivity index (χ2n) is 10.0. The zero-order chi connectivity index (χ0) is 23.5. The first-order valence-electron chi connectivity index (χ1n) is 12.7. The van der Waals surface area contributed by atoms with Crippen LogP contribution in [0.2, 0.25) is 0 Å². The molecule has 0 unspecified atom stereocenters. The Kier molecular flexibility index (Phi) is 6.95. The Morgan fingerprint density at radius 3 is 2.18 bits per heavy atom. The van der Waals surface area contributed by atoms with Crippen LogP contribution in [-0.2, 0) is 29.0 Å². The highest BCUT2D eigenvalue weighted by Gasteiger charge is 2.34. The van der Waals surface area contributed by atoms with E-state index in [0.29, 0.717) is 18.4 Å². The van der Waals surface area contributed by atoms with Gasteiger partial charge in [0.05, 0.1) is 6.42 Å². The Balaban J connectivity index is 1.06. The minimum atomic E-state index is -0.274. The van der Waals surface area contributed by atoms with E-state index in [0.717, 1.165) is 76.9 Å². The zero-order valence-electron chi connectivity index (χ0n) is 19.8. The molecule has 180 valence electrons. The van der Waals surface area contributed by atoms with Gasteiger partial charge in [-0.1, -0.05) is 36.4 Å². The van der Waals surface area contributed by atoms with Crippen molar-refractivity contribution in [2.24, 2.45) is 5.92 Å². The number of halogens is 1. The Bertz CT molecular complexity index is 1010. The number of likely N-dealkylation sites (tertiary alicyclic amines) is 2. The average Bonchev–Trinajstić information content (AvgIpc) is 2.89. The molecule has 2 fully saturated rings. The average molecular weight is 464 g/mol. The van der Waals surface area contributed by atoms with Crippen LogP contribution in [0.25, 0.3) is 0 Å². The highest BCUT2D eigenvalue weighted by atomic mass is 19.1. The molecule has 3 aliphatic heterocycles.